The first-order chi connectivity index (χ1) is 15.1. The van der Waals surface area contributed by atoms with Crippen LogP contribution in [0.1, 0.15) is 24.0 Å². The predicted molar refractivity (Wildman–Crippen MR) is 117 cm³/mol. The van der Waals surface area contributed by atoms with E-state index in [9.17, 15) is 14.4 Å². The SMILES string of the molecule is O=C(CN1C(=O)N[C@@]2(CCCc3ccccc32)C1=O)Nc1ccc(-c2nccs2)cc1. The van der Waals surface area contributed by atoms with Gasteiger partial charge in [0.25, 0.3) is 5.91 Å². The number of thiazole rings is 1. The van der Waals surface area contributed by atoms with Gasteiger partial charge in [0.05, 0.1) is 0 Å². The minimum atomic E-state index is -1.07. The molecular formula is C23H20N4O3S. The van der Waals surface area contributed by atoms with Crippen molar-refractivity contribution in [3.8, 4) is 10.6 Å². The van der Waals surface area contributed by atoms with E-state index in [0.29, 0.717) is 12.1 Å². The van der Waals surface area contributed by atoms with Crippen LogP contribution in [0, 0.1) is 0 Å². The number of hydrogen-bond acceptors (Lipinski definition) is 5. The molecule has 0 saturated carbocycles. The third-order valence-corrected chi connectivity index (χ3v) is 6.62. The minimum Gasteiger partial charge on any atom is -0.325 e. The highest BCUT2D eigenvalue weighted by molar-refractivity contribution is 7.13. The first kappa shape index (κ1) is 19.4. The van der Waals surface area contributed by atoms with E-state index in [1.807, 2.05) is 41.8 Å². The number of urea groups is 1. The van der Waals surface area contributed by atoms with Crippen LogP contribution in [-0.4, -0.2) is 34.3 Å². The van der Waals surface area contributed by atoms with Crippen LogP contribution in [0.3, 0.4) is 0 Å². The molecule has 0 bridgehead atoms. The first-order valence-corrected chi connectivity index (χ1v) is 11.0. The maximum Gasteiger partial charge on any atom is 0.325 e. The van der Waals surface area contributed by atoms with Gasteiger partial charge in [-0.25, -0.2) is 9.78 Å². The molecule has 0 radical (unpaired) electrons. The molecule has 7 nitrogen and oxygen atoms in total. The Morgan fingerprint density at radius 3 is 2.74 bits per heavy atom. The second-order valence-electron chi connectivity index (χ2n) is 7.70. The molecule has 0 unspecified atom stereocenters. The number of carbonyl (C=O) groups is 3. The van der Waals surface area contributed by atoms with Crippen molar-refractivity contribution in [2.45, 2.75) is 24.8 Å². The second kappa shape index (κ2) is 7.63. The number of fused-ring (bicyclic) bond motifs is 2. The third kappa shape index (κ3) is 3.38. The lowest BCUT2D eigenvalue weighted by Gasteiger charge is -2.33. The molecule has 1 atom stereocenters. The molecule has 2 heterocycles. The fraction of sp³-hybridized carbons (Fsp3) is 0.217. The Bertz CT molecular complexity index is 1160. The zero-order chi connectivity index (χ0) is 21.4. The van der Waals surface area contributed by atoms with Gasteiger partial charge in [-0.1, -0.05) is 24.3 Å². The molecule has 2 aromatic carbocycles. The van der Waals surface area contributed by atoms with Crippen LogP contribution < -0.4 is 10.6 Å². The van der Waals surface area contributed by atoms with E-state index in [2.05, 4.69) is 15.6 Å². The third-order valence-electron chi connectivity index (χ3n) is 5.80. The van der Waals surface area contributed by atoms with Crippen molar-refractivity contribution < 1.29 is 14.4 Å². The molecule has 8 heteroatoms. The van der Waals surface area contributed by atoms with Gasteiger partial charge >= 0.3 is 6.03 Å². The van der Waals surface area contributed by atoms with Crippen molar-refractivity contribution >= 4 is 34.9 Å². The Kier molecular flexibility index (Phi) is 4.78. The van der Waals surface area contributed by atoms with Gasteiger partial charge in [0, 0.05) is 22.8 Å². The maximum absolute atomic E-state index is 13.3. The topological polar surface area (TPSA) is 91.4 Å². The fourth-order valence-corrected chi connectivity index (χ4v) is 5.01. The summed E-state index contributed by atoms with van der Waals surface area (Å²) in [5.74, 6) is -0.787. The Labute approximate surface area is 183 Å². The predicted octanol–water partition coefficient (Wildman–Crippen LogP) is 3.53. The molecule has 1 aliphatic heterocycles. The highest BCUT2D eigenvalue weighted by Gasteiger charge is 2.54. The van der Waals surface area contributed by atoms with Crippen LogP contribution in [0.5, 0.6) is 0 Å². The standard InChI is InChI=1S/C23H20N4O3S/c28-19(25-17-9-7-16(8-10-17)20-24-12-13-31-20)14-27-21(29)23(26-22(27)30)11-3-5-15-4-1-2-6-18(15)23/h1-2,4,6-10,12-13H,3,5,11,14H2,(H,25,28)(H,26,30)/t23-/m1/s1. The molecule has 156 valence electrons. The van der Waals surface area contributed by atoms with Crippen molar-refractivity contribution in [1.82, 2.24) is 15.2 Å². The van der Waals surface area contributed by atoms with Crippen molar-refractivity contribution in [3.05, 3.63) is 71.2 Å². The summed E-state index contributed by atoms with van der Waals surface area (Å²) in [6.07, 6.45) is 3.95. The molecule has 1 aromatic heterocycles. The van der Waals surface area contributed by atoms with E-state index < -0.39 is 17.5 Å². The Hall–Kier alpha value is -3.52. The van der Waals surface area contributed by atoms with E-state index in [-0.39, 0.29) is 12.5 Å². The number of amides is 4. The molecule has 1 spiro atoms. The van der Waals surface area contributed by atoms with Gasteiger partial charge in [-0.2, -0.15) is 0 Å². The van der Waals surface area contributed by atoms with E-state index in [4.69, 9.17) is 0 Å². The van der Waals surface area contributed by atoms with Gasteiger partial charge in [0.2, 0.25) is 5.91 Å². The average molecular weight is 433 g/mol. The lowest BCUT2D eigenvalue weighted by molar-refractivity contribution is -0.134. The maximum atomic E-state index is 13.3. The number of carbonyl (C=O) groups excluding carboxylic acids is 3. The summed E-state index contributed by atoms with van der Waals surface area (Å²) in [5, 5.41) is 8.43. The van der Waals surface area contributed by atoms with E-state index in [1.54, 1.807) is 18.3 Å². The Morgan fingerprint density at radius 1 is 1.16 bits per heavy atom. The number of aryl methyl sites for hydroxylation is 1. The molecule has 2 aliphatic rings. The average Bonchev–Trinajstić information content (AvgIpc) is 3.39. The molecule has 1 fully saturated rings. The van der Waals surface area contributed by atoms with Crippen LogP contribution in [0.15, 0.2) is 60.1 Å². The number of nitrogens with one attached hydrogen (secondary N) is 2. The molecule has 1 aliphatic carbocycles. The van der Waals surface area contributed by atoms with Crippen LogP contribution >= 0.6 is 11.3 Å². The van der Waals surface area contributed by atoms with Gasteiger partial charge in [-0.15, -0.1) is 11.3 Å². The van der Waals surface area contributed by atoms with Crippen LogP contribution in [-0.2, 0) is 21.5 Å². The molecule has 1 saturated heterocycles. The van der Waals surface area contributed by atoms with Crippen LogP contribution in [0.2, 0.25) is 0 Å². The molecule has 5 rings (SSSR count). The normalized spacial score (nSPS) is 19.9. The number of imide groups is 1. The molecule has 2 N–H and O–H groups in total. The molecule has 31 heavy (non-hydrogen) atoms. The molecular weight excluding hydrogens is 412 g/mol. The number of aromatic nitrogens is 1. The van der Waals surface area contributed by atoms with Gasteiger partial charge in [0.1, 0.15) is 17.1 Å². The van der Waals surface area contributed by atoms with Crippen LogP contribution in [0.4, 0.5) is 10.5 Å². The minimum absolute atomic E-state index is 0.331. The van der Waals surface area contributed by atoms with Gasteiger partial charge in [0.15, 0.2) is 0 Å². The highest BCUT2D eigenvalue weighted by atomic mass is 32.1. The zero-order valence-corrected chi connectivity index (χ0v) is 17.4. The Balaban J connectivity index is 1.30. The summed E-state index contributed by atoms with van der Waals surface area (Å²) in [7, 11) is 0. The monoisotopic (exact) mass is 432 g/mol. The summed E-state index contributed by atoms with van der Waals surface area (Å²) in [4.78, 5) is 43.8. The number of nitrogens with zero attached hydrogens (tertiary/aromatic N) is 2. The van der Waals surface area contributed by atoms with Gasteiger partial charge in [-0.3, -0.25) is 14.5 Å². The van der Waals surface area contributed by atoms with Crippen molar-refractivity contribution in [2.24, 2.45) is 0 Å². The van der Waals surface area contributed by atoms with Crippen molar-refractivity contribution in [2.75, 3.05) is 11.9 Å². The number of hydrogen-bond donors (Lipinski definition) is 2. The van der Waals surface area contributed by atoms with Gasteiger partial charge in [-0.05, 0) is 54.7 Å². The summed E-state index contributed by atoms with van der Waals surface area (Å²) < 4.78 is 0. The van der Waals surface area contributed by atoms with E-state index in [1.165, 1.54) is 11.3 Å². The smallest absolute Gasteiger partial charge is 0.325 e. The number of benzene rings is 2. The van der Waals surface area contributed by atoms with Crippen molar-refractivity contribution in [1.29, 1.82) is 0 Å². The Morgan fingerprint density at radius 2 is 1.97 bits per heavy atom. The fourth-order valence-electron chi connectivity index (χ4n) is 4.36. The lowest BCUT2D eigenvalue weighted by Crippen LogP contribution is -2.47. The molecule has 4 amide bonds. The summed E-state index contributed by atoms with van der Waals surface area (Å²) in [6.45, 7) is -0.331. The number of rotatable bonds is 4. The van der Waals surface area contributed by atoms with Crippen LogP contribution in [0.25, 0.3) is 10.6 Å². The first-order valence-electron chi connectivity index (χ1n) is 10.1. The second-order valence-corrected chi connectivity index (χ2v) is 8.59. The van der Waals surface area contributed by atoms with Crippen molar-refractivity contribution in [3.63, 3.8) is 0 Å². The van der Waals surface area contributed by atoms with E-state index >= 15 is 0 Å². The number of anilines is 1. The molecule has 3 aromatic rings. The van der Waals surface area contributed by atoms with E-state index in [0.717, 1.165) is 39.4 Å². The largest absolute Gasteiger partial charge is 0.325 e. The van der Waals surface area contributed by atoms with Gasteiger partial charge < -0.3 is 10.6 Å². The summed E-state index contributed by atoms with van der Waals surface area (Å²) in [6, 6.07) is 14.4. The highest BCUT2D eigenvalue weighted by Crippen LogP contribution is 2.39. The summed E-state index contributed by atoms with van der Waals surface area (Å²) >= 11 is 1.54. The quantitative estimate of drug-likeness (QED) is 0.617. The zero-order valence-electron chi connectivity index (χ0n) is 16.6. The summed E-state index contributed by atoms with van der Waals surface area (Å²) in [5.41, 5.74) is 2.38. The lowest BCUT2D eigenvalue weighted by atomic mass is 9.76.